The summed E-state index contributed by atoms with van der Waals surface area (Å²) in [5, 5.41) is 19.0. The predicted octanol–water partition coefficient (Wildman–Crippen LogP) is 15.7. The molecule has 0 aliphatic rings. The number of fused-ring (bicyclic) bond motifs is 16. The second kappa shape index (κ2) is 13.9. The summed E-state index contributed by atoms with van der Waals surface area (Å²) in [5.41, 5.74) is -15.9. The molecule has 0 aliphatic carbocycles. The summed E-state index contributed by atoms with van der Waals surface area (Å²) >= 11 is 0. The Kier molecular flexibility index (Phi) is 3.57. The van der Waals surface area contributed by atoms with Crippen LogP contribution in [0.1, 0.15) is 56.4 Å². The van der Waals surface area contributed by atoms with Crippen LogP contribution in [0.4, 0.5) is 0 Å². The summed E-state index contributed by atoms with van der Waals surface area (Å²) in [7, 11) is 0. The lowest BCUT2D eigenvalue weighted by atomic mass is 9.98. The van der Waals surface area contributed by atoms with Gasteiger partial charge in [0.2, 0.25) is 0 Å². The maximum absolute atomic E-state index is 13.1. The molecule has 0 fully saturated rings. The smallest absolute Gasteiger partial charge is 0.160 e. The molecule has 0 amide bonds. The first kappa shape index (κ1) is 17.8. The van der Waals surface area contributed by atoms with Crippen LogP contribution in [0, 0.1) is 22.7 Å². The lowest BCUT2D eigenvalue weighted by Gasteiger charge is -2.27. The molecule has 5 aromatic heterocycles. The van der Waals surface area contributed by atoms with E-state index in [1.807, 2.05) is 12.1 Å². The first-order valence-corrected chi connectivity index (χ1v) is 20.4. The molecule has 15 rings (SSSR count). The summed E-state index contributed by atoms with van der Waals surface area (Å²) in [6, 6.07) is -29.3. The van der Waals surface area contributed by atoms with Crippen LogP contribution in [0.25, 0.3) is 132 Å². The molecule has 0 N–H and O–H groups in total. The quantitative estimate of drug-likeness (QED) is 0.176. The minimum Gasteiger partial charge on any atom is -0.454 e. The van der Waals surface area contributed by atoms with Gasteiger partial charge in [-0.3, -0.25) is 0 Å². The van der Waals surface area contributed by atoms with E-state index in [1.54, 1.807) is 0 Å². The monoisotopic (exact) mass is 911 g/mol. The van der Waals surface area contributed by atoms with E-state index >= 15 is 0 Å². The van der Waals surface area contributed by atoms with Crippen molar-refractivity contribution in [3.63, 3.8) is 0 Å². The lowest BCUT2D eigenvalue weighted by Crippen LogP contribution is -2.16. The Bertz CT molecular complexity index is 6670. The Morgan fingerprint density at radius 1 is 0.319 bits per heavy atom. The van der Waals surface area contributed by atoms with E-state index in [9.17, 15) is 43.4 Å². The fraction of sp³-hybridized carbons (Fsp3) is 0. The predicted molar refractivity (Wildman–Crippen MR) is 281 cm³/mol. The number of nitriles is 2. The Hall–Kier alpha value is -9.82. The lowest BCUT2D eigenvalue weighted by molar-refractivity contribution is 0.671. The third kappa shape index (κ3) is 4.82. The second-order valence-electron chi connectivity index (χ2n) is 15.3. The van der Waals surface area contributed by atoms with E-state index in [-0.39, 0.29) is 0 Å². The molecule has 7 heteroatoms. The van der Waals surface area contributed by atoms with Crippen LogP contribution in [0.5, 0.6) is 0 Å². The fourth-order valence-corrected chi connectivity index (χ4v) is 9.55. The molecule has 0 radical (unpaired) electrons. The van der Waals surface area contributed by atoms with Crippen LogP contribution in [0.3, 0.4) is 0 Å². The molecular formula is C62H34N6O. The minimum absolute atomic E-state index is 0.602. The average Bonchev–Trinajstić information content (AvgIpc) is 1.30. The van der Waals surface area contributed by atoms with Gasteiger partial charge in [0.1, 0.15) is 28.8 Å². The van der Waals surface area contributed by atoms with Crippen molar-refractivity contribution < 1.29 is 49.7 Å². The highest BCUT2D eigenvalue weighted by molar-refractivity contribution is 6.22. The van der Waals surface area contributed by atoms with Gasteiger partial charge < -0.3 is 22.7 Å². The Balaban J connectivity index is 1.44. The first-order chi connectivity index (χ1) is 47.9. The van der Waals surface area contributed by atoms with Gasteiger partial charge in [-0.05, 0) is 54.4 Å². The van der Waals surface area contributed by atoms with Gasteiger partial charge in [-0.2, -0.15) is 10.5 Å². The first-order valence-electron chi connectivity index (χ1n) is 36.9. The number of para-hydroxylation sites is 8. The van der Waals surface area contributed by atoms with Crippen molar-refractivity contribution >= 4 is 109 Å². The molecule has 0 saturated carbocycles. The van der Waals surface area contributed by atoms with Crippen molar-refractivity contribution in [2.45, 2.75) is 0 Å². The van der Waals surface area contributed by atoms with Gasteiger partial charge >= 0.3 is 0 Å². The molecule has 0 spiro atoms. The molecule has 10 aromatic carbocycles. The molecule has 15 aromatic rings. The summed E-state index contributed by atoms with van der Waals surface area (Å²) in [5.74, 6) is 0. The summed E-state index contributed by atoms with van der Waals surface area (Å²) in [4.78, 5) is 0. The van der Waals surface area contributed by atoms with Gasteiger partial charge in [0.25, 0.3) is 0 Å². The highest BCUT2D eigenvalue weighted by atomic mass is 16.3. The van der Waals surface area contributed by atoms with Crippen molar-refractivity contribution in [3.05, 3.63) is 217 Å². The Morgan fingerprint density at radius 3 is 1.07 bits per heavy atom. The van der Waals surface area contributed by atoms with Crippen LogP contribution in [0.15, 0.2) is 210 Å². The molecule has 7 nitrogen and oxygen atoms in total. The fourth-order valence-electron chi connectivity index (χ4n) is 9.55. The number of rotatable bonds is 4. The number of furan rings is 1. The van der Waals surface area contributed by atoms with Crippen molar-refractivity contribution in [3.8, 4) is 34.9 Å². The summed E-state index contributed by atoms with van der Waals surface area (Å²) in [6.45, 7) is 0. The van der Waals surface area contributed by atoms with E-state index in [1.165, 1.54) is 0 Å². The van der Waals surface area contributed by atoms with Crippen LogP contribution in [0.2, 0.25) is 0 Å². The van der Waals surface area contributed by atoms with E-state index < -0.39 is 342 Å². The SMILES string of the molecule is [2H]c1cc([2H])c2c3c([2H])c([2H])c([2H])c([2H])c3n(-c3c(C#N)c(-n4c5c([2H])c([2H])c([2H])c([2H])c5c5c([2H])c([2H])c([2H])c([2H])c54)c(-n4c5c([2H])c([2H])c([2H])c([2H])c5c5c([2H])c([2H])c6c(oc7c([2H])c([2H])c([2H])c([2H])c76)c54)c(C#N)c3-n3c4c([2H])c([2H])c([2H])c([2H])c4c4c([2H])c([2H])c([2H])c([2H])c43)c2c1[2H]. The average molecular weight is 912 g/mol. The number of hydrogen-bond donors (Lipinski definition) is 0. The molecule has 5 heterocycles. The van der Waals surface area contributed by atoms with Crippen LogP contribution >= 0.6 is 0 Å². The molecule has 318 valence electrons. The highest BCUT2D eigenvalue weighted by Crippen LogP contribution is 2.50. The number of benzene rings is 10. The van der Waals surface area contributed by atoms with Gasteiger partial charge in [-0.25, -0.2) is 0 Å². The molecule has 0 atom stereocenters. The number of aromatic nitrogens is 4. The summed E-state index contributed by atoms with van der Waals surface area (Å²) in [6.07, 6.45) is 0. The van der Waals surface area contributed by atoms with Crippen LogP contribution in [-0.2, 0) is 0 Å². The molecular weight excluding hydrogens is 845 g/mol. The van der Waals surface area contributed by atoms with E-state index in [0.29, 0.717) is 18.3 Å². The van der Waals surface area contributed by atoms with Crippen molar-refractivity contribution in [1.29, 1.82) is 10.5 Å². The molecule has 0 unspecified atom stereocenters. The Morgan fingerprint density at radius 2 is 0.638 bits per heavy atom. The summed E-state index contributed by atoms with van der Waals surface area (Å²) < 4.78 is 320. The zero-order valence-electron chi connectivity index (χ0n) is 67.2. The largest absolute Gasteiger partial charge is 0.454 e. The van der Waals surface area contributed by atoms with Gasteiger partial charge in [-0.15, -0.1) is 0 Å². The maximum Gasteiger partial charge on any atom is 0.160 e. The second-order valence-corrected chi connectivity index (χ2v) is 15.3. The highest BCUT2D eigenvalue weighted by Gasteiger charge is 2.35. The number of hydrogen-bond acceptors (Lipinski definition) is 3. The van der Waals surface area contributed by atoms with E-state index in [2.05, 4.69) is 0 Å². The molecule has 0 bridgehead atoms. The van der Waals surface area contributed by atoms with Gasteiger partial charge in [0, 0.05) is 53.9 Å². The zero-order valence-corrected chi connectivity index (χ0v) is 34.2. The normalized spacial score (nSPS) is 18.7. The topological polar surface area (TPSA) is 80.4 Å². The van der Waals surface area contributed by atoms with E-state index in [4.69, 9.17) is 16.8 Å². The molecule has 0 saturated heterocycles. The van der Waals surface area contributed by atoms with Gasteiger partial charge in [0.15, 0.2) is 5.58 Å². The van der Waals surface area contributed by atoms with Crippen LogP contribution in [-0.4, -0.2) is 18.3 Å². The van der Waals surface area contributed by atoms with Gasteiger partial charge in [0.05, 0.1) is 112 Å². The Labute approximate surface area is 439 Å². The van der Waals surface area contributed by atoms with E-state index in [0.717, 1.165) is 6.07 Å². The van der Waals surface area contributed by atoms with Crippen molar-refractivity contribution in [2.24, 2.45) is 0 Å². The molecule has 69 heavy (non-hydrogen) atoms. The minimum atomic E-state index is -1.27. The zero-order chi connectivity index (χ0) is 74.2. The van der Waals surface area contributed by atoms with Crippen molar-refractivity contribution in [2.75, 3.05) is 0 Å². The third-order valence-electron chi connectivity index (χ3n) is 12.1. The number of nitrogens with zero attached hydrogens (tertiary/aromatic N) is 6. The van der Waals surface area contributed by atoms with Gasteiger partial charge in [-0.1, -0.05) is 151 Å². The molecule has 0 aliphatic heterocycles. The third-order valence-corrected chi connectivity index (χ3v) is 12.1. The maximum atomic E-state index is 13.1. The standard InChI is InChI=1S/C62H34N6O/c63-35-47-57(65-49-25-9-1-17-37(49)38-18-2-10-26-50(38)65)58(66-51-27-11-3-19-39(51)40-20-4-12-28-52(40)66)48(36-64)60(59(47)67-53-29-13-5-21-41(53)42-22-6-14-30-54(42)67)68-55-31-15-7-23-43(55)45-33-34-46-44-24-8-16-32-56(44)69-62(46)61(45)68/h1-34H/i1D,3D,4D,5D,6D,7D,8D,9D,10D,11D,12D,13D,14D,15D,16D,17D,18D,19D,20D,21D,22D,23D,24D,25D,26D,27D,28D,29D,30D,31D,32D,33D,34D. The van der Waals surface area contributed by atoms with Crippen molar-refractivity contribution in [1.82, 2.24) is 18.3 Å². The van der Waals surface area contributed by atoms with Crippen LogP contribution < -0.4 is 0 Å².